The molecule has 0 aromatic rings. The maximum absolute atomic E-state index is 11.6. The van der Waals surface area contributed by atoms with Crippen LogP contribution in [0.5, 0.6) is 0 Å². The summed E-state index contributed by atoms with van der Waals surface area (Å²) in [6, 6.07) is 0.761. The van der Waals surface area contributed by atoms with E-state index in [1.165, 1.54) is 26.4 Å². The van der Waals surface area contributed by atoms with Gasteiger partial charge in [0.25, 0.3) is 0 Å². The minimum atomic E-state index is -0.150. The lowest BCUT2D eigenvalue weighted by Crippen LogP contribution is -2.51. The molecule has 3 atom stereocenters. The first-order valence-corrected chi connectivity index (χ1v) is 7.56. The van der Waals surface area contributed by atoms with Gasteiger partial charge in [0, 0.05) is 12.1 Å². The smallest absolute Gasteiger partial charge is 0.319 e. The van der Waals surface area contributed by atoms with Gasteiger partial charge in [-0.05, 0) is 45.1 Å². The molecule has 1 aliphatic carbocycles. The number of nitrogens with two attached hydrogens (primary N) is 1. The highest BCUT2D eigenvalue weighted by atomic mass is 16.5. The number of carbonyl (C=O) groups is 1. The van der Waals surface area contributed by atoms with E-state index in [1.54, 1.807) is 0 Å². The van der Waals surface area contributed by atoms with E-state index < -0.39 is 0 Å². The molecule has 3 unspecified atom stereocenters. The number of hydrogen-bond donors (Lipinski definition) is 1. The van der Waals surface area contributed by atoms with Crippen LogP contribution in [0.2, 0.25) is 0 Å². The Morgan fingerprint density at radius 1 is 1.42 bits per heavy atom. The molecule has 4 nitrogen and oxygen atoms in total. The van der Waals surface area contributed by atoms with Gasteiger partial charge in [-0.3, -0.25) is 9.69 Å². The Morgan fingerprint density at radius 3 is 2.58 bits per heavy atom. The van der Waals surface area contributed by atoms with Gasteiger partial charge in [0.05, 0.1) is 13.7 Å². The fraction of sp³-hybridized carbons (Fsp3) is 0.933. The van der Waals surface area contributed by atoms with Gasteiger partial charge in [0.15, 0.2) is 0 Å². The molecule has 0 aromatic heterocycles. The van der Waals surface area contributed by atoms with Crippen molar-refractivity contribution < 1.29 is 9.53 Å². The highest BCUT2D eigenvalue weighted by Crippen LogP contribution is 2.34. The molecular weight excluding hydrogens is 240 g/mol. The Hall–Kier alpha value is -0.610. The molecule has 112 valence electrons. The quantitative estimate of drug-likeness (QED) is 0.750. The first-order chi connectivity index (χ1) is 9.03. The molecule has 0 bridgehead atoms. The van der Waals surface area contributed by atoms with Gasteiger partial charge in [0.1, 0.15) is 0 Å². The van der Waals surface area contributed by atoms with E-state index in [1.807, 2.05) is 0 Å². The van der Waals surface area contributed by atoms with Crippen molar-refractivity contribution >= 4 is 5.97 Å². The Balaban J connectivity index is 2.79. The zero-order chi connectivity index (χ0) is 14.4. The van der Waals surface area contributed by atoms with Crippen LogP contribution in [-0.2, 0) is 9.53 Å². The second-order valence-corrected chi connectivity index (χ2v) is 5.99. The minimum Gasteiger partial charge on any atom is -0.468 e. The maximum Gasteiger partial charge on any atom is 0.319 e. The summed E-state index contributed by atoms with van der Waals surface area (Å²) in [6.45, 7) is 7.64. The fourth-order valence-corrected chi connectivity index (χ4v) is 3.24. The molecular formula is C15H30N2O2. The zero-order valence-corrected chi connectivity index (χ0v) is 12.9. The molecule has 0 amide bonds. The van der Waals surface area contributed by atoms with Crippen molar-refractivity contribution in [3.63, 3.8) is 0 Å². The third kappa shape index (κ3) is 4.46. The van der Waals surface area contributed by atoms with Crippen LogP contribution in [-0.4, -0.2) is 43.2 Å². The third-order valence-electron chi connectivity index (χ3n) is 4.57. The summed E-state index contributed by atoms with van der Waals surface area (Å²) in [7, 11) is 1.46. The van der Waals surface area contributed by atoms with Gasteiger partial charge < -0.3 is 10.5 Å². The average Bonchev–Trinajstić information content (AvgIpc) is 2.43. The van der Waals surface area contributed by atoms with E-state index in [4.69, 9.17) is 10.5 Å². The second-order valence-electron chi connectivity index (χ2n) is 5.99. The van der Waals surface area contributed by atoms with E-state index in [-0.39, 0.29) is 5.97 Å². The van der Waals surface area contributed by atoms with Crippen LogP contribution in [0.3, 0.4) is 0 Å². The minimum absolute atomic E-state index is 0.150. The van der Waals surface area contributed by atoms with Crippen molar-refractivity contribution in [2.45, 2.75) is 58.5 Å². The monoisotopic (exact) mass is 270 g/mol. The van der Waals surface area contributed by atoms with Crippen LogP contribution < -0.4 is 5.73 Å². The summed E-state index contributed by atoms with van der Waals surface area (Å²) in [5, 5.41) is 0. The van der Waals surface area contributed by atoms with E-state index in [0.717, 1.165) is 12.3 Å². The van der Waals surface area contributed by atoms with Crippen molar-refractivity contribution in [2.75, 3.05) is 20.2 Å². The van der Waals surface area contributed by atoms with E-state index in [9.17, 15) is 4.79 Å². The fourth-order valence-electron chi connectivity index (χ4n) is 3.24. The largest absolute Gasteiger partial charge is 0.468 e. The molecule has 0 radical (unpaired) electrons. The van der Waals surface area contributed by atoms with Gasteiger partial charge >= 0.3 is 5.97 Å². The van der Waals surface area contributed by atoms with Crippen LogP contribution in [0.4, 0.5) is 0 Å². The molecule has 1 fully saturated rings. The van der Waals surface area contributed by atoms with Gasteiger partial charge in [-0.15, -0.1) is 0 Å². The van der Waals surface area contributed by atoms with Crippen molar-refractivity contribution in [1.29, 1.82) is 0 Å². The van der Waals surface area contributed by atoms with Crippen LogP contribution in [0, 0.1) is 11.8 Å². The lowest BCUT2D eigenvalue weighted by molar-refractivity contribution is -0.144. The summed E-state index contributed by atoms with van der Waals surface area (Å²) in [4.78, 5) is 13.9. The topological polar surface area (TPSA) is 55.6 Å². The van der Waals surface area contributed by atoms with E-state index >= 15 is 0 Å². The molecule has 0 spiro atoms. The Bertz CT molecular complexity index is 281. The number of rotatable bonds is 6. The van der Waals surface area contributed by atoms with E-state index in [0.29, 0.717) is 31.1 Å². The zero-order valence-electron chi connectivity index (χ0n) is 12.9. The van der Waals surface area contributed by atoms with Gasteiger partial charge in [-0.25, -0.2) is 0 Å². The number of hydrogen-bond acceptors (Lipinski definition) is 4. The van der Waals surface area contributed by atoms with Crippen LogP contribution >= 0.6 is 0 Å². The normalized spacial score (nSPS) is 27.8. The van der Waals surface area contributed by atoms with Gasteiger partial charge in [-0.1, -0.05) is 19.8 Å². The predicted octanol–water partition coefficient (Wildman–Crippen LogP) is 2.02. The number of methoxy groups -OCH3 is 1. The summed E-state index contributed by atoms with van der Waals surface area (Å²) in [6.07, 6.45) is 4.84. The lowest BCUT2D eigenvalue weighted by atomic mass is 9.76. The molecule has 4 heteroatoms. The molecule has 1 saturated carbocycles. The van der Waals surface area contributed by atoms with Gasteiger partial charge in [0.2, 0.25) is 0 Å². The molecule has 0 aliphatic heterocycles. The third-order valence-corrected chi connectivity index (χ3v) is 4.57. The summed E-state index contributed by atoms with van der Waals surface area (Å²) < 4.78 is 4.83. The first-order valence-electron chi connectivity index (χ1n) is 7.56. The molecule has 0 heterocycles. The van der Waals surface area contributed by atoms with Gasteiger partial charge in [-0.2, -0.15) is 0 Å². The number of esters is 1. The highest BCUT2D eigenvalue weighted by Gasteiger charge is 2.35. The molecule has 19 heavy (non-hydrogen) atoms. The Kier molecular flexibility index (Phi) is 6.80. The SMILES string of the molecule is CCC1CCC(CN)C(N(CC(=O)OC)C(C)C)C1. The Labute approximate surface area is 117 Å². The number of carbonyl (C=O) groups excluding carboxylic acids is 1. The van der Waals surface area contributed by atoms with Crippen LogP contribution in [0.1, 0.15) is 46.5 Å². The van der Waals surface area contributed by atoms with Crippen LogP contribution in [0.25, 0.3) is 0 Å². The standard InChI is InChI=1S/C15H30N2O2/c1-5-12-6-7-13(9-16)14(8-12)17(11(2)3)10-15(18)19-4/h11-14H,5-10,16H2,1-4H3. The second kappa shape index (κ2) is 7.85. The summed E-state index contributed by atoms with van der Waals surface area (Å²) in [5.74, 6) is 1.13. The number of ether oxygens (including phenoxy) is 1. The molecule has 0 saturated heterocycles. The molecule has 1 aliphatic rings. The van der Waals surface area contributed by atoms with Crippen molar-refractivity contribution in [3.05, 3.63) is 0 Å². The molecule has 1 rings (SSSR count). The number of nitrogens with zero attached hydrogens (tertiary/aromatic N) is 1. The summed E-state index contributed by atoms with van der Waals surface area (Å²) in [5.41, 5.74) is 5.94. The van der Waals surface area contributed by atoms with E-state index in [2.05, 4.69) is 25.7 Å². The van der Waals surface area contributed by atoms with Crippen molar-refractivity contribution in [2.24, 2.45) is 17.6 Å². The average molecular weight is 270 g/mol. The predicted molar refractivity (Wildman–Crippen MR) is 77.8 cm³/mol. The van der Waals surface area contributed by atoms with Crippen molar-refractivity contribution in [3.8, 4) is 0 Å². The lowest BCUT2D eigenvalue weighted by Gasteiger charge is -2.43. The first kappa shape index (κ1) is 16.4. The van der Waals surface area contributed by atoms with Crippen molar-refractivity contribution in [1.82, 2.24) is 4.90 Å². The summed E-state index contributed by atoms with van der Waals surface area (Å²) >= 11 is 0. The maximum atomic E-state index is 11.6. The highest BCUT2D eigenvalue weighted by molar-refractivity contribution is 5.71. The molecule has 2 N–H and O–H groups in total. The Morgan fingerprint density at radius 2 is 2.11 bits per heavy atom. The molecule has 0 aromatic carbocycles. The van der Waals surface area contributed by atoms with Crippen LogP contribution in [0.15, 0.2) is 0 Å².